The van der Waals surface area contributed by atoms with Crippen molar-refractivity contribution in [3.8, 4) is 5.75 Å². The van der Waals surface area contributed by atoms with Crippen LogP contribution in [0.5, 0.6) is 5.75 Å². The number of nitrogens with one attached hydrogen (secondary N) is 1. The fraction of sp³-hybridized carbons (Fsp3) is 0.400. The van der Waals surface area contributed by atoms with Gasteiger partial charge in [0, 0.05) is 18.8 Å². The van der Waals surface area contributed by atoms with Gasteiger partial charge in [-0.15, -0.1) is 0 Å². The van der Waals surface area contributed by atoms with Crippen molar-refractivity contribution in [1.82, 2.24) is 9.78 Å². The Morgan fingerprint density at radius 2 is 2.14 bits per heavy atom. The summed E-state index contributed by atoms with van der Waals surface area (Å²) in [5.74, 6) is -1.48. The summed E-state index contributed by atoms with van der Waals surface area (Å²) in [4.78, 5) is 0. The van der Waals surface area contributed by atoms with Gasteiger partial charge in [-0.1, -0.05) is 6.92 Å². The lowest BCUT2D eigenvalue weighted by Gasteiger charge is -2.15. The molecule has 1 unspecified atom stereocenters. The van der Waals surface area contributed by atoms with Crippen molar-refractivity contribution < 1.29 is 13.5 Å². The Morgan fingerprint density at radius 3 is 2.86 bits per heavy atom. The van der Waals surface area contributed by atoms with Gasteiger partial charge in [0.2, 0.25) is 0 Å². The molecule has 0 saturated heterocycles. The van der Waals surface area contributed by atoms with Gasteiger partial charge in [-0.25, -0.2) is 8.78 Å². The average molecular weight is 295 g/mol. The smallest absolute Gasteiger partial charge is 0.162 e. The number of aryl methyl sites for hydroxylation is 1. The zero-order valence-electron chi connectivity index (χ0n) is 12.1. The van der Waals surface area contributed by atoms with Crippen LogP contribution < -0.4 is 10.1 Å². The normalized spacial score (nSPS) is 12.2. The van der Waals surface area contributed by atoms with E-state index >= 15 is 0 Å². The Kier molecular flexibility index (Phi) is 5.14. The zero-order chi connectivity index (χ0) is 15.2. The van der Waals surface area contributed by atoms with Gasteiger partial charge in [-0.05, 0) is 25.5 Å². The number of rotatable bonds is 7. The van der Waals surface area contributed by atoms with Crippen molar-refractivity contribution in [1.29, 1.82) is 0 Å². The lowest BCUT2D eigenvalue weighted by Crippen LogP contribution is -2.23. The molecule has 4 nitrogen and oxygen atoms in total. The Hall–Kier alpha value is -2.11. The monoisotopic (exact) mass is 295 g/mol. The molecule has 1 aromatic heterocycles. The van der Waals surface area contributed by atoms with Crippen LogP contribution in [-0.4, -0.2) is 22.4 Å². The summed E-state index contributed by atoms with van der Waals surface area (Å²) in [6.45, 7) is 5.25. The number of benzene rings is 1. The molecule has 0 bridgehead atoms. The number of halogens is 2. The van der Waals surface area contributed by atoms with Gasteiger partial charge in [0.15, 0.2) is 11.6 Å². The van der Waals surface area contributed by atoms with Crippen LogP contribution in [0.3, 0.4) is 0 Å². The molecule has 0 fully saturated rings. The summed E-state index contributed by atoms with van der Waals surface area (Å²) >= 11 is 0. The Morgan fingerprint density at radius 1 is 1.33 bits per heavy atom. The Balaban J connectivity index is 1.83. The molecule has 1 heterocycles. The van der Waals surface area contributed by atoms with E-state index in [4.69, 9.17) is 4.74 Å². The molecule has 21 heavy (non-hydrogen) atoms. The molecule has 2 rings (SSSR count). The van der Waals surface area contributed by atoms with Gasteiger partial charge < -0.3 is 10.1 Å². The molecule has 0 aliphatic rings. The number of aromatic nitrogens is 2. The minimum Gasteiger partial charge on any atom is -0.491 e. The van der Waals surface area contributed by atoms with Crippen LogP contribution in [0.4, 0.5) is 14.5 Å². The molecular formula is C15H19F2N3O. The van der Waals surface area contributed by atoms with E-state index < -0.39 is 11.6 Å². The third-order valence-corrected chi connectivity index (χ3v) is 2.89. The van der Waals surface area contributed by atoms with Gasteiger partial charge in [0.1, 0.15) is 12.4 Å². The van der Waals surface area contributed by atoms with Gasteiger partial charge in [0.05, 0.1) is 17.9 Å². The van der Waals surface area contributed by atoms with Crippen LogP contribution in [0.2, 0.25) is 0 Å². The van der Waals surface area contributed by atoms with E-state index in [0.29, 0.717) is 12.4 Å². The van der Waals surface area contributed by atoms with Crippen LogP contribution in [-0.2, 0) is 6.54 Å². The second-order valence-corrected chi connectivity index (χ2v) is 4.92. The van der Waals surface area contributed by atoms with Gasteiger partial charge >= 0.3 is 0 Å². The summed E-state index contributed by atoms with van der Waals surface area (Å²) < 4.78 is 33.1. The standard InChI is InChI=1S/C15H19F2N3O/c1-3-6-20-9-12(8-18-20)19-11(2)10-21-13-4-5-14(16)15(17)7-13/h4-5,7-9,11,19H,3,6,10H2,1-2H3. The van der Waals surface area contributed by atoms with E-state index in [2.05, 4.69) is 17.3 Å². The van der Waals surface area contributed by atoms with Crippen molar-refractivity contribution in [2.45, 2.75) is 32.9 Å². The number of ether oxygens (including phenoxy) is 1. The molecule has 0 aliphatic heterocycles. The zero-order valence-corrected chi connectivity index (χ0v) is 12.1. The molecule has 114 valence electrons. The van der Waals surface area contributed by atoms with E-state index in [0.717, 1.165) is 30.8 Å². The first-order valence-electron chi connectivity index (χ1n) is 6.95. The first-order chi connectivity index (χ1) is 10.1. The summed E-state index contributed by atoms with van der Waals surface area (Å²) in [6, 6.07) is 3.51. The number of nitrogens with zero attached hydrogens (tertiary/aromatic N) is 2. The van der Waals surface area contributed by atoms with E-state index in [-0.39, 0.29) is 6.04 Å². The largest absolute Gasteiger partial charge is 0.491 e. The molecular weight excluding hydrogens is 276 g/mol. The fourth-order valence-electron chi connectivity index (χ4n) is 1.90. The van der Waals surface area contributed by atoms with Crippen molar-refractivity contribution in [2.24, 2.45) is 0 Å². The van der Waals surface area contributed by atoms with E-state index in [1.54, 1.807) is 6.20 Å². The van der Waals surface area contributed by atoms with Crippen molar-refractivity contribution in [2.75, 3.05) is 11.9 Å². The van der Waals surface area contributed by atoms with E-state index in [1.807, 2.05) is 17.8 Å². The molecule has 6 heteroatoms. The second kappa shape index (κ2) is 7.06. The van der Waals surface area contributed by atoms with Gasteiger partial charge in [-0.3, -0.25) is 4.68 Å². The quantitative estimate of drug-likeness (QED) is 0.850. The minimum atomic E-state index is -0.908. The Bertz CT molecular complexity index is 586. The highest BCUT2D eigenvalue weighted by atomic mass is 19.2. The van der Waals surface area contributed by atoms with Gasteiger partial charge in [0.25, 0.3) is 0 Å². The minimum absolute atomic E-state index is 0.0115. The molecule has 1 atom stereocenters. The summed E-state index contributed by atoms with van der Waals surface area (Å²) in [5, 5.41) is 7.46. The summed E-state index contributed by atoms with van der Waals surface area (Å²) in [5.41, 5.74) is 0.907. The van der Waals surface area contributed by atoms with Crippen LogP contribution in [0.1, 0.15) is 20.3 Å². The predicted octanol–water partition coefficient (Wildman–Crippen LogP) is 3.45. The van der Waals surface area contributed by atoms with Crippen LogP contribution in [0, 0.1) is 11.6 Å². The third-order valence-electron chi connectivity index (χ3n) is 2.89. The molecule has 0 saturated carbocycles. The third kappa shape index (κ3) is 4.44. The fourth-order valence-corrected chi connectivity index (χ4v) is 1.90. The molecule has 2 aromatic rings. The van der Waals surface area contributed by atoms with Crippen LogP contribution >= 0.6 is 0 Å². The lowest BCUT2D eigenvalue weighted by atomic mass is 10.3. The molecule has 0 aliphatic carbocycles. The molecule has 0 spiro atoms. The molecule has 1 aromatic carbocycles. The average Bonchev–Trinajstić information content (AvgIpc) is 2.88. The van der Waals surface area contributed by atoms with Crippen molar-refractivity contribution >= 4 is 5.69 Å². The number of hydrogen-bond acceptors (Lipinski definition) is 3. The van der Waals surface area contributed by atoms with E-state index in [1.165, 1.54) is 6.07 Å². The first-order valence-corrected chi connectivity index (χ1v) is 6.95. The highest BCUT2D eigenvalue weighted by Crippen LogP contribution is 2.16. The molecule has 0 amide bonds. The predicted molar refractivity (Wildman–Crippen MR) is 77.5 cm³/mol. The van der Waals surface area contributed by atoms with Crippen molar-refractivity contribution in [3.05, 3.63) is 42.2 Å². The second-order valence-electron chi connectivity index (χ2n) is 4.92. The van der Waals surface area contributed by atoms with Crippen LogP contribution in [0.25, 0.3) is 0 Å². The van der Waals surface area contributed by atoms with Crippen LogP contribution in [0.15, 0.2) is 30.6 Å². The number of hydrogen-bond donors (Lipinski definition) is 1. The van der Waals surface area contributed by atoms with E-state index in [9.17, 15) is 8.78 Å². The summed E-state index contributed by atoms with van der Waals surface area (Å²) in [7, 11) is 0. The maximum Gasteiger partial charge on any atom is 0.162 e. The maximum absolute atomic E-state index is 13.0. The lowest BCUT2D eigenvalue weighted by molar-refractivity contribution is 0.301. The number of anilines is 1. The Labute approximate surface area is 122 Å². The maximum atomic E-state index is 13.0. The first kappa shape index (κ1) is 15.3. The highest BCUT2D eigenvalue weighted by molar-refractivity contribution is 5.39. The molecule has 1 N–H and O–H groups in total. The summed E-state index contributed by atoms with van der Waals surface area (Å²) in [6.07, 6.45) is 4.71. The molecule has 0 radical (unpaired) electrons. The van der Waals surface area contributed by atoms with Gasteiger partial charge in [-0.2, -0.15) is 5.10 Å². The highest BCUT2D eigenvalue weighted by Gasteiger charge is 2.07. The topological polar surface area (TPSA) is 39.1 Å². The SMILES string of the molecule is CCCn1cc(NC(C)COc2ccc(F)c(F)c2)cn1. The van der Waals surface area contributed by atoms with Crippen molar-refractivity contribution in [3.63, 3.8) is 0 Å².